The largest absolute Gasteiger partial charge is 0.365 e. The van der Waals surface area contributed by atoms with Crippen molar-refractivity contribution in [3.8, 4) is 0 Å². The highest BCUT2D eigenvalue weighted by molar-refractivity contribution is 7.12. The van der Waals surface area contributed by atoms with Gasteiger partial charge in [0.1, 0.15) is 0 Å². The van der Waals surface area contributed by atoms with Crippen LogP contribution < -0.4 is 4.90 Å². The predicted molar refractivity (Wildman–Crippen MR) is 75.4 cm³/mol. The Hall–Kier alpha value is -1.68. The lowest BCUT2D eigenvalue weighted by Crippen LogP contribution is -2.22. The highest BCUT2D eigenvalue weighted by Gasteiger charge is 2.08. The van der Waals surface area contributed by atoms with Crippen molar-refractivity contribution in [1.29, 1.82) is 0 Å². The summed E-state index contributed by atoms with van der Waals surface area (Å²) < 4.78 is 0. The predicted octanol–water partition coefficient (Wildman–Crippen LogP) is 3.29. The zero-order chi connectivity index (χ0) is 13.0. The Morgan fingerprint density at radius 3 is 2.89 bits per heavy atom. The van der Waals surface area contributed by atoms with Crippen LogP contribution in [-0.4, -0.2) is 17.8 Å². The van der Waals surface area contributed by atoms with Gasteiger partial charge in [0.15, 0.2) is 6.29 Å². The van der Waals surface area contributed by atoms with Gasteiger partial charge in [-0.2, -0.15) is 0 Å². The second kappa shape index (κ2) is 5.78. The standard InChI is InChI=1S/C14H16N2OS/c1-3-16(13-7-14(9-17)18-10-13)8-12-6-4-5-11(2)15-12/h4-7,9-10H,3,8H2,1-2H3. The maximum absolute atomic E-state index is 10.7. The van der Waals surface area contributed by atoms with Gasteiger partial charge in [-0.15, -0.1) is 11.3 Å². The van der Waals surface area contributed by atoms with Crippen LogP contribution in [0.2, 0.25) is 0 Å². The number of nitrogens with zero attached hydrogens (tertiary/aromatic N) is 2. The zero-order valence-electron chi connectivity index (χ0n) is 10.6. The van der Waals surface area contributed by atoms with Gasteiger partial charge in [-0.25, -0.2) is 0 Å². The van der Waals surface area contributed by atoms with Crippen LogP contribution in [0.3, 0.4) is 0 Å². The number of carbonyl (C=O) groups is 1. The van der Waals surface area contributed by atoms with Crippen molar-refractivity contribution in [3.05, 3.63) is 45.9 Å². The van der Waals surface area contributed by atoms with E-state index in [1.54, 1.807) is 0 Å². The van der Waals surface area contributed by atoms with Gasteiger partial charge in [-0.05, 0) is 32.0 Å². The van der Waals surface area contributed by atoms with Crippen molar-refractivity contribution in [1.82, 2.24) is 4.98 Å². The molecule has 94 valence electrons. The molecular weight excluding hydrogens is 244 g/mol. The minimum Gasteiger partial charge on any atom is -0.365 e. The first-order chi connectivity index (χ1) is 8.72. The summed E-state index contributed by atoms with van der Waals surface area (Å²) in [6, 6.07) is 7.98. The minimum atomic E-state index is 0.764. The number of thiophene rings is 1. The van der Waals surface area contributed by atoms with E-state index in [4.69, 9.17) is 0 Å². The highest BCUT2D eigenvalue weighted by atomic mass is 32.1. The van der Waals surface area contributed by atoms with Crippen LogP contribution in [0.15, 0.2) is 29.6 Å². The average molecular weight is 260 g/mol. The molecule has 0 saturated carbocycles. The molecule has 0 spiro atoms. The first-order valence-corrected chi connectivity index (χ1v) is 6.82. The van der Waals surface area contributed by atoms with E-state index in [1.807, 2.05) is 36.6 Å². The molecule has 0 atom stereocenters. The monoisotopic (exact) mass is 260 g/mol. The zero-order valence-corrected chi connectivity index (χ0v) is 11.4. The van der Waals surface area contributed by atoms with Gasteiger partial charge < -0.3 is 4.90 Å². The number of hydrogen-bond donors (Lipinski definition) is 0. The molecule has 0 fully saturated rings. The van der Waals surface area contributed by atoms with E-state index in [9.17, 15) is 4.79 Å². The summed E-state index contributed by atoms with van der Waals surface area (Å²) in [6.45, 7) is 5.76. The molecule has 2 rings (SSSR count). The molecule has 0 N–H and O–H groups in total. The van der Waals surface area contributed by atoms with Crippen LogP contribution in [0, 0.1) is 6.92 Å². The van der Waals surface area contributed by atoms with E-state index < -0.39 is 0 Å². The van der Waals surface area contributed by atoms with E-state index in [0.29, 0.717) is 0 Å². The number of pyridine rings is 1. The first kappa shape index (κ1) is 12.8. The van der Waals surface area contributed by atoms with Crippen molar-refractivity contribution >= 4 is 23.3 Å². The van der Waals surface area contributed by atoms with Gasteiger partial charge in [0.2, 0.25) is 0 Å². The van der Waals surface area contributed by atoms with Gasteiger partial charge in [-0.3, -0.25) is 9.78 Å². The molecule has 0 aliphatic heterocycles. The van der Waals surface area contributed by atoms with Gasteiger partial charge in [0, 0.05) is 23.3 Å². The third-order valence-corrected chi connectivity index (χ3v) is 3.61. The fraction of sp³-hybridized carbons (Fsp3) is 0.286. The number of aromatic nitrogens is 1. The molecule has 0 aromatic carbocycles. The smallest absolute Gasteiger partial charge is 0.160 e. The molecule has 4 heteroatoms. The summed E-state index contributed by atoms with van der Waals surface area (Å²) >= 11 is 1.48. The third-order valence-electron chi connectivity index (χ3n) is 2.77. The van der Waals surface area contributed by atoms with Gasteiger partial charge >= 0.3 is 0 Å². The molecule has 0 saturated heterocycles. The van der Waals surface area contributed by atoms with Crippen LogP contribution in [0.4, 0.5) is 5.69 Å². The minimum absolute atomic E-state index is 0.764. The molecule has 2 heterocycles. The third kappa shape index (κ3) is 2.96. The molecule has 0 radical (unpaired) electrons. The molecule has 0 aliphatic carbocycles. The van der Waals surface area contributed by atoms with Gasteiger partial charge in [-0.1, -0.05) is 6.07 Å². The molecular formula is C14H16N2OS. The molecule has 0 amide bonds. The Balaban J connectivity index is 2.16. The summed E-state index contributed by atoms with van der Waals surface area (Å²) in [7, 11) is 0. The van der Waals surface area contributed by atoms with Crippen LogP contribution in [-0.2, 0) is 6.54 Å². The van der Waals surface area contributed by atoms with Crippen LogP contribution in [0.25, 0.3) is 0 Å². The Morgan fingerprint density at radius 2 is 2.28 bits per heavy atom. The van der Waals surface area contributed by atoms with Crippen molar-refractivity contribution in [2.24, 2.45) is 0 Å². The Bertz CT molecular complexity index is 536. The van der Waals surface area contributed by atoms with E-state index in [1.165, 1.54) is 11.3 Å². The van der Waals surface area contributed by atoms with Crippen LogP contribution in [0.1, 0.15) is 28.0 Å². The molecule has 2 aromatic rings. The van der Waals surface area contributed by atoms with Gasteiger partial charge in [0.25, 0.3) is 0 Å². The van der Waals surface area contributed by atoms with E-state index in [0.717, 1.165) is 41.3 Å². The SMILES string of the molecule is CCN(Cc1cccc(C)n1)c1csc(C=O)c1. The highest BCUT2D eigenvalue weighted by Crippen LogP contribution is 2.23. The second-order valence-corrected chi connectivity index (χ2v) is 5.05. The summed E-state index contributed by atoms with van der Waals surface area (Å²) in [4.78, 5) is 18.2. The molecule has 18 heavy (non-hydrogen) atoms. The Kier molecular flexibility index (Phi) is 4.10. The maximum atomic E-state index is 10.7. The van der Waals surface area contributed by atoms with Gasteiger partial charge in [0.05, 0.1) is 17.1 Å². The number of anilines is 1. The normalized spacial score (nSPS) is 10.3. The number of aldehydes is 1. The molecule has 2 aromatic heterocycles. The molecule has 0 aliphatic rings. The van der Waals surface area contributed by atoms with E-state index >= 15 is 0 Å². The summed E-state index contributed by atoms with van der Waals surface area (Å²) in [5.74, 6) is 0. The van der Waals surface area contributed by atoms with E-state index in [-0.39, 0.29) is 0 Å². The Morgan fingerprint density at radius 1 is 1.44 bits per heavy atom. The number of hydrogen-bond acceptors (Lipinski definition) is 4. The lowest BCUT2D eigenvalue weighted by molar-refractivity contribution is 0.112. The first-order valence-electron chi connectivity index (χ1n) is 5.94. The van der Waals surface area contributed by atoms with Crippen molar-refractivity contribution in [2.75, 3.05) is 11.4 Å². The van der Waals surface area contributed by atoms with Crippen molar-refractivity contribution in [3.63, 3.8) is 0 Å². The fourth-order valence-electron chi connectivity index (χ4n) is 1.84. The topological polar surface area (TPSA) is 33.2 Å². The number of aryl methyl sites for hydroxylation is 1. The lowest BCUT2D eigenvalue weighted by atomic mass is 10.3. The van der Waals surface area contributed by atoms with Crippen molar-refractivity contribution < 1.29 is 4.79 Å². The summed E-state index contributed by atoms with van der Waals surface area (Å²) in [5, 5.41) is 2.02. The Labute approximate surface area is 111 Å². The van der Waals surface area contributed by atoms with E-state index in [2.05, 4.69) is 16.8 Å². The summed E-state index contributed by atoms with van der Waals surface area (Å²) in [6.07, 6.45) is 0.896. The maximum Gasteiger partial charge on any atom is 0.160 e. The summed E-state index contributed by atoms with van der Waals surface area (Å²) in [5.41, 5.74) is 3.17. The number of carbonyl (C=O) groups excluding carboxylic acids is 1. The van der Waals surface area contributed by atoms with Crippen LogP contribution >= 0.6 is 11.3 Å². The lowest BCUT2D eigenvalue weighted by Gasteiger charge is -2.21. The van der Waals surface area contributed by atoms with Crippen molar-refractivity contribution in [2.45, 2.75) is 20.4 Å². The van der Waals surface area contributed by atoms with Crippen LogP contribution in [0.5, 0.6) is 0 Å². The fourth-order valence-corrected chi connectivity index (χ4v) is 2.56. The molecule has 0 unspecified atom stereocenters. The molecule has 3 nitrogen and oxygen atoms in total. The number of rotatable bonds is 5. The average Bonchev–Trinajstić information content (AvgIpc) is 2.84. The molecule has 0 bridgehead atoms. The second-order valence-electron chi connectivity index (χ2n) is 4.11. The quantitative estimate of drug-likeness (QED) is 0.773.